The second-order valence-electron chi connectivity index (χ2n) is 5.02. The number of nitrogens with one attached hydrogen (secondary N) is 1. The van der Waals surface area contributed by atoms with Gasteiger partial charge in [0.1, 0.15) is 0 Å². The van der Waals surface area contributed by atoms with Crippen LogP contribution in [0.4, 0.5) is 0 Å². The van der Waals surface area contributed by atoms with Crippen LogP contribution in [0, 0.1) is 13.8 Å². The van der Waals surface area contributed by atoms with Crippen LogP contribution in [0.2, 0.25) is 0 Å². The van der Waals surface area contributed by atoms with Gasteiger partial charge in [0.2, 0.25) is 10.0 Å². The highest BCUT2D eigenvalue weighted by Gasteiger charge is 2.32. The second-order valence-corrected chi connectivity index (χ2v) is 6.67. The van der Waals surface area contributed by atoms with E-state index in [2.05, 4.69) is 4.72 Å². The molecule has 0 unspecified atom stereocenters. The molecule has 0 amide bonds. The summed E-state index contributed by atoms with van der Waals surface area (Å²) in [5.41, 5.74) is 0.820. The zero-order valence-electron chi connectivity index (χ0n) is 12.0. The minimum Gasteiger partial charge on any atom is -0.394 e. The first kappa shape index (κ1) is 16.1. The Bertz CT molecular complexity index is 525. The van der Waals surface area contributed by atoms with Gasteiger partial charge in [-0.2, -0.15) is 0 Å². The van der Waals surface area contributed by atoms with E-state index in [-0.39, 0.29) is 11.5 Å². The molecule has 1 aromatic rings. The number of aliphatic hydroxyl groups excluding tert-OH is 1. The van der Waals surface area contributed by atoms with Gasteiger partial charge in [0.15, 0.2) is 0 Å². The normalized spacial score (nSPS) is 12.7. The van der Waals surface area contributed by atoms with Crippen molar-refractivity contribution in [1.29, 1.82) is 0 Å². The Labute approximate surface area is 115 Å². The number of hydrogen-bond acceptors (Lipinski definition) is 3. The molecule has 0 fully saturated rings. The standard InChI is InChI=1S/C14H23NO3S/c1-5-14(6-2,10-16)15-19(17,18)13-9-11(3)7-8-12(13)4/h7-9,15-16H,5-6,10H2,1-4H3. The molecular formula is C14H23NO3S. The Morgan fingerprint density at radius 3 is 2.26 bits per heavy atom. The van der Waals surface area contributed by atoms with Gasteiger partial charge in [-0.25, -0.2) is 13.1 Å². The van der Waals surface area contributed by atoms with Crippen LogP contribution in [0.3, 0.4) is 0 Å². The monoisotopic (exact) mass is 285 g/mol. The third-order valence-electron chi connectivity index (χ3n) is 3.64. The number of sulfonamides is 1. The van der Waals surface area contributed by atoms with Crippen LogP contribution in [0.1, 0.15) is 37.8 Å². The summed E-state index contributed by atoms with van der Waals surface area (Å²) in [4.78, 5) is 0.284. The Balaban J connectivity index is 3.21. The van der Waals surface area contributed by atoms with Crippen LogP contribution in [-0.2, 0) is 10.0 Å². The van der Waals surface area contributed by atoms with Gasteiger partial charge in [-0.3, -0.25) is 0 Å². The molecule has 4 nitrogen and oxygen atoms in total. The molecular weight excluding hydrogens is 262 g/mol. The highest BCUT2D eigenvalue weighted by Crippen LogP contribution is 2.22. The van der Waals surface area contributed by atoms with Crippen LogP contribution in [0.25, 0.3) is 0 Å². The Morgan fingerprint density at radius 1 is 1.21 bits per heavy atom. The smallest absolute Gasteiger partial charge is 0.241 e. The summed E-state index contributed by atoms with van der Waals surface area (Å²) in [5, 5.41) is 9.48. The number of benzene rings is 1. The number of hydrogen-bond donors (Lipinski definition) is 2. The molecule has 0 saturated heterocycles. The fourth-order valence-electron chi connectivity index (χ4n) is 1.99. The van der Waals surface area contributed by atoms with E-state index < -0.39 is 15.6 Å². The molecule has 0 heterocycles. The summed E-state index contributed by atoms with van der Waals surface area (Å²) >= 11 is 0. The van der Waals surface area contributed by atoms with E-state index >= 15 is 0 Å². The molecule has 108 valence electrons. The van der Waals surface area contributed by atoms with Crippen molar-refractivity contribution in [2.75, 3.05) is 6.61 Å². The summed E-state index contributed by atoms with van der Waals surface area (Å²) in [6, 6.07) is 5.33. The van der Waals surface area contributed by atoms with Crippen molar-refractivity contribution in [2.24, 2.45) is 0 Å². The van der Waals surface area contributed by atoms with E-state index in [0.717, 1.165) is 5.56 Å². The van der Waals surface area contributed by atoms with Gasteiger partial charge in [-0.15, -0.1) is 0 Å². The van der Waals surface area contributed by atoms with Gasteiger partial charge >= 0.3 is 0 Å². The predicted molar refractivity (Wildman–Crippen MR) is 76.6 cm³/mol. The van der Waals surface area contributed by atoms with Crippen LogP contribution >= 0.6 is 0 Å². The van der Waals surface area contributed by atoms with E-state index in [0.29, 0.717) is 18.4 Å². The molecule has 0 aliphatic carbocycles. The molecule has 1 rings (SSSR count). The lowest BCUT2D eigenvalue weighted by molar-refractivity contribution is 0.172. The van der Waals surface area contributed by atoms with Crippen molar-refractivity contribution in [3.63, 3.8) is 0 Å². The highest BCUT2D eigenvalue weighted by molar-refractivity contribution is 7.89. The number of aliphatic hydroxyl groups is 1. The average Bonchev–Trinajstić information content (AvgIpc) is 2.39. The minimum atomic E-state index is -3.62. The lowest BCUT2D eigenvalue weighted by Gasteiger charge is -2.30. The lowest BCUT2D eigenvalue weighted by atomic mass is 9.96. The summed E-state index contributed by atoms with van der Waals surface area (Å²) in [5.74, 6) is 0. The first-order chi connectivity index (χ1) is 8.80. The fraction of sp³-hybridized carbons (Fsp3) is 0.571. The maximum absolute atomic E-state index is 12.5. The van der Waals surface area contributed by atoms with E-state index in [1.165, 1.54) is 0 Å². The lowest BCUT2D eigenvalue weighted by Crippen LogP contribution is -2.50. The van der Waals surface area contributed by atoms with E-state index in [1.54, 1.807) is 19.1 Å². The maximum atomic E-state index is 12.5. The molecule has 19 heavy (non-hydrogen) atoms. The third kappa shape index (κ3) is 3.55. The van der Waals surface area contributed by atoms with Crippen molar-refractivity contribution in [2.45, 2.75) is 51.0 Å². The van der Waals surface area contributed by atoms with Crippen LogP contribution < -0.4 is 4.72 Å². The first-order valence-electron chi connectivity index (χ1n) is 6.52. The van der Waals surface area contributed by atoms with Gasteiger partial charge in [0, 0.05) is 0 Å². The van der Waals surface area contributed by atoms with Crippen LogP contribution in [0.5, 0.6) is 0 Å². The molecule has 0 bridgehead atoms. The second kappa shape index (κ2) is 6.03. The molecule has 1 aromatic carbocycles. The maximum Gasteiger partial charge on any atom is 0.241 e. The molecule has 0 saturated carbocycles. The average molecular weight is 285 g/mol. The summed E-state index contributed by atoms with van der Waals surface area (Å²) in [7, 11) is -3.62. The van der Waals surface area contributed by atoms with Crippen molar-refractivity contribution in [1.82, 2.24) is 4.72 Å². The van der Waals surface area contributed by atoms with E-state index in [9.17, 15) is 13.5 Å². The van der Waals surface area contributed by atoms with Gasteiger partial charge < -0.3 is 5.11 Å². The summed E-state index contributed by atoms with van der Waals surface area (Å²) in [6.07, 6.45) is 1.09. The zero-order chi connectivity index (χ0) is 14.7. The van der Waals surface area contributed by atoms with E-state index in [4.69, 9.17) is 0 Å². The molecule has 5 heteroatoms. The summed E-state index contributed by atoms with van der Waals surface area (Å²) in [6.45, 7) is 7.16. The zero-order valence-corrected chi connectivity index (χ0v) is 12.8. The molecule has 0 aromatic heterocycles. The molecule has 0 radical (unpaired) electrons. The van der Waals surface area contributed by atoms with Gasteiger partial charge in [0.05, 0.1) is 17.0 Å². The Morgan fingerprint density at radius 2 is 1.79 bits per heavy atom. The Hall–Kier alpha value is -0.910. The van der Waals surface area contributed by atoms with Crippen LogP contribution in [0.15, 0.2) is 23.1 Å². The highest BCUT2D eigenvalue weighted by atomic mass is 32.2. The molecule has 0 spiro atoms. The predicted octanol–water partition coefficient (Wildman–Crippen LogP) is 2.13. The van der Waals surface area contributed by atoms with Crippen molar-refractivity contribution >= 4 is 10.0 Å². The minimum absolute atomic E-state index is 0.204. The Kier molecular flexibility index (Phi) is 5.12. The van der Waals surface area contributed by atoms with Crippen molar-refractivity contribution in [3.05, 3.63) is 29.3 Å². The molecule has 0 aliphatic rings. The van der Waals surface area contributed by atoms with Gasteiger partial charge in [-0.05, 0) is 43.9 Å². The largest absolute Gasteiger partial charge is 0.394 e. The third-order valence-corrected chi connectivity index (χ3v) is 5.36. The van der Waals surface area contributed by atoms with Gasteiger partial charge in [-0.1, -0.05) is 26.0 Å². The van der Waals surface area contributed by atoms with Crippen molar-refractivity contribution < 1.29 is 13.5 Å². The SMILES string of the molecule is CCC(CC)(CO)NS(=O)(=O)c1cc(C)ccc1C. The fourth-order valence-corrected chi connectivity index (χ4v) is 3.85. The van der Waals surface area contributed by atoms with Crippen LogP contribution in [-0.4, -0.2) is 25.7 Å². The topological polar surface area (TPSA) is 66.4 Å². The summed E-state index contributed by atoms with van der Waals surface area (Å²) < 4.78 is 27.6. The molecule has 0 atom stereocenters. The first-order valence-corrected chi connectivity index (χ1v) is 8.00. The van der Waals surface area contributed by atoms with Gasteiger partial charge in [0.25, 0.3) is 0 Å². The quantitative estimate of drug-likeness (QED) is 0.841. The molecule has 0 aliphatic heterocycles. The molecule has 2 N–H and O–H groups in total. The number of rotatable bonds is 6. The van der Waals surface area contributed by atoms with Crippen molar-refractivity contribution in [3.8, 4) is 0 Å². The van der Waals surface area contributed by atoms with E-state index in [1.807, 2.05) is 26.8 Å². The number of aryl methyl sites for hydroxylation is 2.